The molecule has 21 heavy (non-hydrogen) atoms. The van der Waals surface area contributed by atoms with Gasteiger partial charge in [-0.2, -0.15) is 0 Å². The van der Waals surface area contributed by atoms with Crippen molar-refractivity contribution in [1.29, 1.82) is 0 Å². The SMILES string of the molecule is CCOCCn1c(O)c(-c2cccc(Cl)c2)c(=O)[nH]c1=O. The lowest BCUT2D eigenvalue weighted by molar-refractivity contribution is 0.135. The second-order valence-corrected chi connectivity index (χ2v) is 4.75. The number of hydrogen-bond acceptors (Lipinski definition) is 4. The number of nitrogens with zero attached hydrogens (tertiary/aromatic N) is 1. The molecule has 0 radical (unpaired) electrons. The minimum atomic E-state index is -0.678. The quantitative estimate of drug-likeness (QED) is 0.822. The van der Waals surface area contributed by atoms with Gasteiger partial charge in [-0.25, -0.2) is 4.79 Å². The van der Waals surface area contributed by atoms with Gasteiger partial charge in [0, 0.05) is 11.6 Å². The van der Waals surface area contributed by atoms with Crippen LogP contribution in [0.15, 0.2) is 33.9 Å². The Balaban J connectivity index is 2.54. The number of H-pyrrole nitrogens is 1. The molecule has 0 spiro atoms. The van der Waals surface area contributed by atoms with E-state index < -0.39 is 17.1 Å². The summed E-state index contributed by atoms with van der Waals surface area (Å²) in [6, 6.07) is 6.49. The highest BCUT2D eigenvalue weighted by atomic mass is 35.5. The van der Waals surface area contributed by atoms with Crippen LogP contribution in [0.5, 0.6) is 5.88 Å². The largest absolute Gasteiger partial charge is 0.494 e. The summed E-state index contributed by atoms with van der Waals surface area (Å²) in [7, 11) is 0. The van der Waals surface area contributed by atoms with Gasteiger partial charge in [-0.1, -0.05) is 23.7 Å². The van der Waals surface area contributed by atoms with Crippen LogP contribution in [0, 0.1) is 0 Å². The average Bonchev–Trinajstić information content (AvgIpc) is 2.42. The second kappa shape index (κ2) is 6.60. The molecule has 1 aromatic carbocycles. The van der Waals surface area contributed by atoms with Crippen LogP contribution in [0.4, 0.5) is 0 Å². The standard InChI is InChI=1S/C14H15ClN2O4/c1-2-21-7-6-17-13(19)11(12(18)16-14(17)20)9-4-3-5-10(15)8-9/h3-5,8,19H,2,6-7H2,1H3,(H,16,18,20). The van der Waals surface area contributed by atoms with Crippen LogP contribution in [0.25, 0.3) is 11.1 Å². The van der Waals surface area contributed by atoms with Gasteiger partial charge in [0.25, 0.3) is 5.56 Å². The van der Waals surface area contributed by atoms with Gasteiger partial charge < -0.3 is 9.84 Å². The van der Waals surface area contributed by atoms with Crippen molar-refractivity contribution >= 4 is 11.6 Å². The summed E-state index contributed by atoms with van der Waals surface area (Å²) >= 11 is 5.89. The zero-order valence-corrected chi connectivity index (χ0v) is 12.2. The molecule has 0 fully saturated rings. The van der Waals surface area contributed by atoms with Crippen LogP contribution in [0.2, 0.25) is 5.02 Å². The molecule has 0 unspecified atom stereocenters. The number of nitrogens with one attached hydrogen (secondary N) is 1. The molecule has 0 amide bonds. The second-order valence-electron chi connectivity index (χ2n) is 4.32. The van der Waals surface area contributed by atoms with Crippen molar-refractivity contribution in [2.75, 3.05) is 13.2 Å². The van der Waals surface area contributed by atoms with Crippen molar-refractivity contribution in [2.24, 2.45) is 0 Å². The van der Waals surface area contributed by atoms with Crippen molar-refractivity contribution in [3.8, 4) is 17.0 Å². The van der Waals surface area contributed by atoms with E-state index in [1.807, 2.05) is 6.92 Å². The summed E-state index contributed by atoms with van der Waals surface area (Å²) in [5.74, 6) is -0.397. The highest BCUT2D eigenvalue weighted by Crippen LogP contribution is 2.26. The number of aromatic hydroxyl groups is 1. The number of benzene rings is 1. The minimum absolute atomic E-state index is 0.00796. The Bertz CT molecular complexity index is 751. The summed E-state index contributed by atoms with van der Waals surface area (Å²) in [5.41, 5.74) is -0.893. The van der Waals surface area contributed by atoms with Crippen molar-refractivity contribution in [2.45, 2.75) is 13.5 Å². The van der Waals surface area contributed by atoms with Crippen molar-refractivity contribution in [3.05, 3.63) is 50.1 Å². The molecule has 2 aromatic rings. The summed E-state index contributed by atoms with van der Waals surface area (Å²) < 4.78 is 6.22. The van der Waals surface area contributed by atoms with Gasteiger partial charge in [-0.05, 0) is 24.6 Å². The van der Waals surface area contributed by atoms with Crippen LogP contribution in [-0.2, 0) is 11.3 Å². The zero-order chi connectivity index (χ0) is 15.4. The van der Waals surface area contributed by atoms with Crippen LogP contribution in [0.1, 0.15) is 6.92 Å². The Morgan fingerprint density at radius 1 is 1.38 bits per heavy atom. The number of hydrogen-bond donors (Lipinski definition) is 2. The van der Waals surface area contributed by atoms with E-state index in [1.54, 1.807) is 24.3 Å². The predicted octanol–water partition coefficient (Wildman–Crippen LogP) is 1.60. The molecule has 112 valence electrons. The monoisotopic (exact) mass is 310 g/mol. The molecule has 0 bridgehead atoms. The normalized spacial score (nSPS) is 10.8. The lowest BCUT2D eigenvalue weighted by Crippen LogP contribution is -2.32. The van der Waals surface area contributed by atoms with Crippen molar-refractivity contribution in [1.82, 2.24) is 9.55 Å². The maximum absolute atomic E-state index is 12.0. The fourth-order valence-electron chi connectivity index (χ4n) is 1.97. The van der Waals surface area contributed by atoms with Crippen molar-refractivity contribution < 1.29 is 9.84 Å². The molecule has 1 aromatic heterocycles. The molecule has 0 saturated heterocycles. The molecule has 0 aliphatic heterocycles. The molecule has 7 heteroatoms. The third-order valence-electron chi connectivity index (χ3n) is 2.95. The van der Waals surface area contributed by atoms with Crippen molar-refractivity contribution in [3.63, 3.8) is 0 Å². The van der Waals surface area contributed by atoms with E-state index in [4.69, 9.17) is 16.3 Å². The number of halogens is 1. The van der Waals surface area contributed by atoms with E-state index >= 15 is 0 Å². The van der Waals surface area contributed by atoms with Gasteiger partial charge in [0.1, 0.15) is 5.56 Å². The highest BCUT2D eigenvalue weighted by Gasteiger charge is 2.16. The number of aromatic nitrogens is 2. The van der Waals surface area contributed by atoms with Crippen LogP contribution >= 0.6 is 11.6 Å². The smallest absolute Gasteiger partial charge is 0.331 e. The molecule has 2 rings (SSSR count). The van der Waals surface area contributed by atoms with E-state index in [1.165, 1.54) is 0 Å². The maximum atomic E-state index is 12.0. The Morgan fingerprint density at radius 2 is 2.14 bits per heavy atom. The van der Waals surface area contributed by atoms with Gasteiger partial charge in [0.15, 0.2) is 0 Å². The molecule has 6 nitrogen and oxygen atoms in total. The fraction of sp³-hybridized carbons (Fsp3) is 0.286. The first kappa shape index (κ1) is 15.3. The predicted molar refractivity (Wildman–Crippen MR) is 79.9 cm³/mol. The molecular formula is C14H15ClN2O4. The van der Waals surface area contributed by atoms with Crippen LogP contribution in [-0.4, -0.2) is 27.9 Å². The van der Waals surface area contributed by atoms with Gasteiger partial charge in [-0.3, -0.25) is 14.3 Å². The molecular weight excluding hydrogens is 296 g/mol. The third kappa shape index (κ3) is 3.34. The van der Waals surface area contributed by atoms with Crippen LogP contribution < -0.4 is 11.2 Å². The number of ether oxygens (including phenoxy) is 1. The molecule has 1 heterocycles. The Hall–Kier alpha value is -2.05. The summed E-state index contributed by atoms with van der Waals surface area (Å²) in [5, 5.41) is 10.7. The Kier molecular flexibility index (Phi) is 4.82. The lowest BCUT2D eigenvalue weighted by Gasteiger charge is -2.11. The van der Waals surface area contributed by atoms with Gasteiger partial charge in [0.2, 0.25) is 5.88 Å². The molecule has 0 saturated carbocycles. The van der Waals surface area contributed by atoms with Gasteiger partial charge >= 0.3 is 5.69 Å². The molecule has 0 atom stereocenters. The van der Waals surface area contributed by atoms with E-state index in [-0.39, 0.29) is 18.7 Å². The fourth-order valence-corrected chi connectivity index (χ4v) is 2.16. The van der Waals surface area contributed by atoms with Crippen LogP contribution in [0.3, 0.4) is 0 Å². The first-order chi connectivity index (χ1) is 10.0. The van der Waals surface area contributed by atoms with E-state index in [2.05, 4.69) is 4.98 Å². The average molecular weight is 311 g/mol. The number of aromatic amines is 1. The third-order valence-corrected chi connectivity index (χ3v) is 3.18. The minimum Gasteiger partial charge on any atom is -0.494 e. The number of rotatable bonds is 5. The van der Waals surface area contributed by atoms with E-state index in [9.17, 15) is 14.7 Å². The summed E-state index contributed by atoms with van der Waals surface area (Å²) in [6.45, 7) is 2.72. The van der Waals surface area contributed by atoms with Gasteiger partial charge in [-0.15, -0.1) is 0 Å². The maximum Gasteiger partial charge on any atom is 0.331 e. The Labute approximate surface area is 125 Å². The Morgan fingerprint density at radius 3 is 2.81 bits per heavy atom. The van der Waals surface area contributed by atoms with E-state index in [0.717, 1.165) is 4.57 Å². The van der Waals surface area contributed by atoms with E-state index in [0.29, 0.717) is 17.2 Å². The first-order valence-electron chi connectivity index (χ1n) is 6.44. The molecule has 2 N–H and O–H groups in total. The van der Waals surface area contributed by atoms with Gasteiger partial charge in [0.05, 0.1) is 13.2 Å². The molecule has 0 aliphatic carbocycles. The lowest BCUT2D eigenvalue weighted by atomic mass is 10.1. The topological polar surface area (TPSA) is 84.3 Å². The first-order valence-corrected chi connectivity index (χ1v) is 6.82. The summed E-state index contributed by atoms with van der Waals surface area (Å²) in [4.78, 5) is 25.9. The zero-order valence-electron chi connectivity index (χ0n) is 11.4. The molecule has 0 aliphatic rings. The summed E-state index contributed by atoms with van der Waals surface area (Å²) in [6.07, 6.45) is 0. The highest BCUT2D eigenvalue weighted by molar-refractivity contribution is 6.30.